The van der Waals surface area contributed by atoms with E-state index in [0.29, 0.717) is 15.8 Å². The standard InChI is InChI=1S/C13H10Br2N2O2/c14-8-2-1-3-9(6-8)19-10-4-5-11(12(15)7-10)13(16)17-18/h1-7,18H,(H2,16,17). The summed E-state index contributed by atoms with van der Waals surface area (Å²) in [6.07, 6.45) is 0. The van der Waals surface area contributed by atoms with Crippen LogP contribution in [0.15, 0.2) is 56.6 Å². The van der Waals surface area contributed by atoms with Crippen molar-refractivity contribution < 1.29 is 9.94 Å². The van der Waals surface area contributed by atoms with E-state index in [0.717, 1.165) is 10.2 Å². The second-order valence-corrected chi connectivity index (χ2v) is 5.46. The fourth-order valence-corrected chi connectivity index (χ4v) is 2.43. The molecule has 0 spiro atoms. The van der Waals surface area contributed by atoms with Gasteiger partial charge in [-0.1, -0.05) is 27.2 Å². The van der Waals surface area contributed by atoms with Gasteiger partial charge in [-0.15, -0.1) is 0 Å². The van der Waals surface area contributed by atoms with Crippen LogP contribution in [0.2, 0.25) is 0 Å². The zero-order valence-electron chi connectivity index (χ0n) is 9.68. The van der Waals surface area contributed by atoms with Crippen molar-refractivity contribution in [2.24, 2.45) is 10.9 Å². The number of nitrogens with zero attached hydrogens (tertiary/aromatic N) is 1. The van der Waals surface area contributed by atoms with Crippen LogP contribution in [0.4, 0.5) is 0 Å². The first kappa shape index (κ1) is 13.9. The van der Waals surface area contributed by atoms with Gasteiger partial charge in [0.15, 0.2) is 5.84 Å². The predicted octanol–water partition coefficient (Wildman–Crippen LogP) is 4.10. The number of hydrogen-bond donors (Lipinski definition) is 2. The Bertz CT molecular complexity index is 630. The Hall–Kier alpha value is -1.53. The molecule has 0 atom stereocenters. The van der Waals surface area contributed by atoms with Crippen molar-refractivity contribution in [3.63, 3.8) is 0 Å². The number of benzene rings is 2. The van der Waals surface area contributed by atoms with Crippen molar-refractivity contribution in [1.82, 2.24) is 0 Å². The van der Waals surface area contributed by atoms with Crippen LogP contribution in [0.25, 0.3) is 0 Å². The number of nitrogens with two attached hydrogens (primary N) is 1. The SMILES string of the molecule is N/C(=N/O)c1ccc(Oc2cccc(Br)c2)cc1Br. The second-order valence-electron chi connectivity index (χ2n) is 3.69. The van der Waals surface area contributed by atoms with Gasteiger partial charge in [-0.2, -0.15) is 0 Å². The zero-order chi connectivity index (χ0) is 13.8. The third-order valence-corrected chi connectivity index (χ3v) is 3.51. The molecule has 2 rings (SSSR count). The Morgan fingerprint density at radius 2 is 1.84 bits per heavy atom. The molecule has 2 aromatic carbocycles. The van der Waals surface area contributed by atoms with Gasteiger partial charge in [0, 0.05) is 14.5 Å². The van der Waals surface area contributed by atoms with Gasteiger partial charge < -0.3 is 15.7 Å². The van der Waals surface area contributed by atoms with Crippen LogP contribution >= 0.6 is 31.9 Å². The molecule has 0 aromatic heterocycles. The first-order chi connectivity index (χ1) is 9.10. The number of oxime groups is 1. The Kier molecular flexibility index (Phi) is 4.44. The lowest BCUT2D eigenvalue weighted by molar-refractivity contribution is 0.318. The lowest BCUT2D eigenvalue weighted by atomic mass is 10.2. The highest BCUT2D eigenvalue weighted by atomic mass is 79.9. The molecule has 0 unspecified atom stereocenters. The first-order valence-corrected chi connectivity index (χ1v) is 6.89. The molecular weight excluding hydrogens is 376 g/mol. The van der Waals surface area contributed by atoms with Crippen molar-refractivity contribution in [1.29, 1.82) is 0 Å². The Morgan fingerprint density at radius 3 is 2.47 bits per heavy atom. The fourth-order valence-electron chi connectivity index (χ4n) is 1.49. The predicted molar refractivity (Wildman–Crippen MR) is 80.9 cm³/mol. The minimum Gasteiger partial charge on any atom is -0.457 e. The Labute approximate surface area is 127 Å². The van der Waals surface area contributed by atoms with Crippen molar-refractivity contribution in [2.45, 2.75) is 0 Å². The quantitative estimate of drug-likeness (QED) is 0.361. The number of ether oxygens (including phenoxy) is 1. The van der Waals surface area contributed by atoms with Crippen molar-refractivity contribution in [2.75, 3.05) is 0 Å². The largest absolute Gasteiger partial charge is 0.457 e. The van der Waals surface area contributed by atoms with Gasteiger partial charge in [0.2, 0.25) is 0 Å². The number of hydrogen-bond acceptors (Lipinski definition) is 3. The second kappa shape index (κ2) is 6.08. The van der Waals surface area contributed by atoms with Crippen molar-refractivity contribution in [3.05, 3.63) is 57.0 Å². The molecular formula is C13H10Br2N2O2. The van der Waals surface area contributed by atoms with E-state index in [2.05, 4.69) is 37.0 Å². The van der Waals surface area contributed by atoms with Gasteiger partial charge in [-0.3, -0.25) is 0 Å². The molecule has 0 radical (unpaired) electrons. The van der Waals surface area contributed by atoms with E-state index < -0.39 is 0 Å². The van der Waals surface area contributed by atoms with Gasteiger partial charge in [-0.25, -0.2) is 0 Å². The molecule has 4 nitrogen and oxygen atoms in total. The lowest BCUT2D eigenvalue weighted by Gasteiger charge is -2.08. The Balaban J connectivity index is 2.26. The molecule has 0 fully saturated rings. The van der Waals surface area contributed by atoms with Crippen LogP contribution in [0.1, 0.15) is 5.56 Å². The van der Waals surface area contributed by atoms with Crippen molar-refractivity contribution >= 4 is 37.7 Å². The normalized spacial score (nSPS) is 11.4. The summed E-state index contributed by atoms with van der Waals surface area (Å²) in [4.78, 5) is 0. The molecule has 0 aliphatic carbocycles. The third kappa shape index (κ3) is 3.48. The lowest BCUT2D eigenvalue weighted by Crippen LogP contribution is -2.13. The monoisotopic (exact) mass is 384 g/mol. The minimum absolute atomic E-state index is 0.0425. The van der Waals surface area contributed by atoms with Crippen LogP contribution in [0.3, 0.4) is 0 Å². The molecule has 0 saturated carbocycles. The molecule has 0 bridgehead atoms. The van der Waals surface area contributed by atoms with Crippen LogP contribution in [-0.4, -0.2) is 11.0 Å². The summed E-state index contributed by atoms with van der Waals surface area (Å²) in [7, 11) is 0. The summed E-state index contributed by atoms with van der Waals surface area (Å²) in [5.74, 6) is 1.41. The van der Waals surface area contributed by atoms with Gasteiger partial charge >= 0.3 is 0 Å². The summed E-state index contributed by atoms with van der Waals surface area (Å²) in [5, 5.41) is 11.6. The van der Waals surface area contributed by atoms with Gasteiger partial charge in [0.25, 0.3) is 0 Å². The van der Waals surface area contributed by atoms with E-state index >= 15 is 0 Å². The molecule has 0 heterocycles. The average molecular weight is 386 g/mol. The van der Waals surface area contributed by atoms with Gasteiger partial charge in [0.05, 0.1) is 0 Å². The van der Waals surface area contributed by atoms with Crippen LogP contribution < -0.4 is 10.5 Å². The minimum atomic E-state index is 0.0425. The number of amidine groups is 1. The average Bonchev–Trinajstić information content (AvgIpc) is 2.38. The third-order valence-electron chi connectivity index (χ3n) is 2.36. The summed E-state index contributed by atoms with van der Waals surface area (Å²) < 4.78 is 7.34. The highest BCUT2D eigenvalue weighted by Crippen LogP contribution is 2.28. The summed E-state index contributed by atoms with van der Waals surface area (Å²) >= 11 is 6.74. The van der Waals surface area contributed by atoms with E-state index in [4.69, 9.17) is 15.7 Å². The molecule has 3 N–H and O–H groups in total. The number of rotatable bonds is 3. The Morgan fingerprint density at radius 1 is 1.11 bits per heavy atom. The maximum atomic E-state index is 8.65. The zero-order valence-corrected chi connectivity index (χ0v) is 12.8. The topological polar surface area (TPSA) is 67.8 Å². The highest BCUT2D eigenvalue weighted by Gasteiger charge is 2.07. The van der Waals surface area contributed by atoms with Crippen LogP contribution in [-0.2, 0) is 0 Å². The van der Waals surface area contributed by atoms with Gasteiger partial charge in [0.1, 0.15) is 11.5 Å². The molecule has 0 aliphatic rings. The van der Waals surface area contributed by atoms with E-state index in [9.17, 15) is 0 Å². The van der Waals surface area contributed by atoms with Gasteiger partial charge in [-0.05, 0) is 52.3 Å². The fraction of sp³-hybridized carbons (Fsp3) is 0. The summed E-state index contributed by atoms with van der Waals surface area (Å²) in [6, 6.07) is 12.8. The highest BCUT2D eigenvalue weighted by molar-refractivity contribution is 9.10. The maximum absolute atomic E-state index is 8.65. The molecule has 0 aliphatic heterocycles. The molecule has 2 aromatic rings. The number of halogens is 2. The summed E-state index contributed by atoms with van der Waals surface area (Å²) in [6.45, 7) is 0. The molecule has 98 valence electrons. The van der Waals surface area contributed by atoms with E-state index in [1.54, 1.807) is 18.2 Å². The van der Waals surface area contributed by atoms with Crippen LogP contribution in [0, 0.1) is 0 Å². The molecule has 0 saturated heterocycles. The van der Waals surface area contributed by atoms with E-state index in [1.807, 2.05) is 24.3 Å². The van der Waals surface area contributed by atoms with E-state index in [1.165, 1.54) is 0 Å². The molecule has 19 heavy (non-hydrogen) atoms. The maximum Gasteiger partial charge on any atom is 0.171 e. The molecule has 0 amide bonds. The summed E-state index contributed by atoms with van der Waals surface area (Å²) in [5.41, 5.74) is 6.14. The van der Waals surface area contributed by atoms with E-state index in [-0.39, 0.29) is 5.84 Å². The van der Waals surface area contributed by atoms with Crippen molar-refractivity contribution in [3.8, 4) is 11.5 Å². The smallest absolute Gasteiger partial charge is 0.171 e. The molecule has 6 heteroatoms. The first-order valence-electron chi connectivity index (χ1n) is 5.31. The van der Waals surface area contributed by atoms with Crippen LogP contribution in [0.5, 0.6) is 11.5 Å².